The molecular weight excluding hydrogens is 377 g/mol. The molecule has 4 nitrogen and oxygen atoms in total. The quantitative estimate of drug-likeness (QED) is 0.736. The van der Waals surface area contributed by atoms with Crippen molar-refractivity contribution < 1.29 is 13.5 Å². The fraction of sp³-hybridized carbons (Fsp3) is 0.200. The van der Waals surface area contributed by atoms with Gasteiger partial charge in [0, 0.05) is 16.5 Å². The van der Waals surface area contributed by atoms with Gasteiger partial charge in [-0.2, -0.15) is 0 Å². The van der Waals surface area contributed by atoms with Gasteiger partial charge in [-0.3, -0.25) is 0 Å². The Hall–Kier alpha value is -0.760. The van der Waals surface area contributed by atoms with Gasteiger partial charge in [0.2, 0.25) is 10.0 Å². The second kappa shape index (κ2) is 7.88. The van der Waals surface area contributed by atoms with E-state index >= 15 is 0 Å². The Labute approximate surface area is 149 Å². The summed E-state index contributed by atoms with van der Waals surface area (Å²) in [5.74, 6) is 0. The van der Waals surface area contributed by atoms with Crippen molar-refractivity contribution in [1.29, 1.82) is 0 Å². The maximum absolute atomic E-state index is 12.3. The van der Waals surface area contributed by atoms with Gasteiger partial charge < -0.3 is 5.11 Å². The lowest BCUT2D eigenvalue weighted by Gasteiger charge is -2.14. The summed E-state index contributed by atoms with van der Waals surface area (Å²) in [7, 11) is -3.86. The summed E-state index contributed by atoms with van der Waals surface area (Å²) in [5, 5.41) is 10.5. The second-order valence-corrected chi connectivity index (χ2v) is 8.17. The van der Waals surface area contributed by atoms with Crippen LogP contribution < -0.4 is 4.72 Å². The van der Waals surface area contributed by atoms with Crippen molar-refractivity contribution in [2.45, 2.75) is 15.9 Å². The lowest BCUT2D eigenvalue weighted by molar-refractivity contribution is 0.182. The van der Waals surface area contributed by atoms with Crippen molar-refractivity contribution in [3.05, 3.63) is 58.1 Å². The van der Waals surface area contributed by atoms with Crippen molar-refractivity contribution >= 4 is 45.0 Å². The molecule has 0 radical (unpaired) electrons. The SMILES string of the molecule is CSc1ccc(C(O)CNS(=O)(=O)c2cc(Cl)ccc2Cl)cc1. The van der Waals surface area contributed by atoms with Gasteiger partial charge in [0.05, 0.1) is 11.1 Å². The van der Waals surface area contributed by atoms with Crippen molar-refractivity contribution in [3.8, 4) is 0 Å². The summed E-state index contributed by atoms with van der Waals surface area (Å²) >= 11 is 13.3. The summed E-state index contributed by atoms with van der Waals surface area (Å²) < 4.78 is 26.9. The third-order valence-corrected chi connectivity index (χ3v) is 6.03. The average molecular weight is 392 g/mol. The lowest BCUT2D eigenvalue weighted by Crippen LogP contribution is -2.28. The molecule has 0 saturated carbocycles. The Balaban J connectivity index is 2.10. The van der Waals surface area contributed by atoms with E-state index in [1.165, 1.54) is 18.2 Å². The standard InChI is InChI=1S/C15H15Cl2NO3S2/c1-22-12-5-2-10(3-6-12)14(19)9-18-23(20,21)15-8-11(16)4-7-13(15)17/h2-8,14,18-19H,9H2,1H3. The molecule has 0 aliphatic rings. The largest absolute Gasteiger partial charge is 0.387 e. The topological polar surface area (TPSA) is 66.4 Å². The van der Waals surface area contributed by atoms with Gasteiger partial charge in [0.25, 0.3) is 0 Å². The molecule has 0 amide bonds. The zero-order valence-corrected chi connectivity index (χ0v) is 15.3. The molecule has 0 aliphatic carbocycles. The molecule has 8 heteroatoms. The number of sulfonamides is 1. The molecule has 0 heterocycles. The van der Waals surface area contributed by atoms with Crippen molar-refractivity contribution in [3.63, 3.8) is 0 Å². The molecule has 1 atom stereocenters. The Morgan fingerprint density at radius 1 is 1.17 bits per heavy atom. The van der Waals surface area contributed by atoms with Gasteiger partial charge in [-0.25, -0.2) is 13.1 Å². The van der Waals surface area contributed by atoms with Crippen LogP contribution in [0.3, 0.4) is 0 Å². The predicted octanol–water partition coefficient (Wildman–Crippen LogP) is 3.73. The smallest absolute Gasteiger partial charge is 0.242 e. The highest BCUT2D eigenvalue weighted by Gasteiger charge is 2.20. The molecule has 2 aromatic carbocycles. The van der Waals surface area contributed by atoms with Crippen LogP contribution in [0.2, 0.25) is 10.0 Å². The van der Waals surface area contributed by atoms with Gasteiger partial charge in [0.15, 0.2) is 0 Å². The zero-order chi connectivity index (χ0) is 17.0. The van der Waals surface area contributed by atoms with Crippen molar-refractivity contribution in [1.82, 2.24) is 4.72 Å². The van der Waals surface area contributed by atoms with Crippen LogP contribution in [0.15, 0.2) is 52.3 Å². The van der Waals surface area contributed by atoms with Crippen LogP contribution in [0.5, 0.6) is 0 Å². The highest BCUT2D eigenvalue weighted by atomic mass is 35.5. The molecule has 0 aromatic heterocycles. The molecule has 2 rings (SSSR count). The number of halogens is 2. The van der Waals surface area contributed by atoms with Crippen LogP contribution in [0.4, 0.5) is 0 Å². The third kappa shape index (κ3) is 4.86. The number of benzene rings is 2. The summed E-state index contributed by atoms with van der Waals surface area (Å²) in [5.41, 5.74) is 0.627. The number of nitrogens with one attached hydrogen (secondary N) is 1. The van der Waals surface area contributed by atoms with Gasteiger partial charge in [0.1, 0.15) is 4.90 Å². The minimum atomic E-state index is -3.86. The minimum Gasteiger partial charge on any atom is -0.387 e. The fourth-order valence-electron chi connectivity index (χ4n) is 1.89. The highest BCUT2D eigenvalue weighted by molar-refractivity contribution is 7.98. The van der Waals surface area contributed by atoms with E-state index in [0.29, 0.717) is 5.56 Å². The maximum atomic E-state index is 12.3. The van der Waals surface area contributed by atoms with Gasteiger partial charge >= 0.3 is 0 Å². The zero-order valence-electron chi connectivity index (χ0n) is 12.2. The molecule has 0 fully saturated rings. The van der Waals surface area contributed by atoms with Gasteiger partial charge in [-0.15, -0.1) is 11.8 Å². The van der Waals surface area contributed by atoms with E-state index in [1.54, 1.807) is 23.9 Å². The molecule has 0 bridgehead atoms. The summed E-state index contributed by atoms with van der Waals surface area (Å²) in [4.78, 5) is 0.948. The maximum Gasteiger partial charge on any atom is 0.242 e. The van der Waals surface area contributed by atoms with Crippen LogP contribution in [0.1, 0.15) is 11.7 Å². The summed E-state index contributed by atoms with van der Waals surface area (Å²) in [6.07, 6.45) is 0.993. The molecule has 1 unspecified atom stereocenters. The first-order valence-electron chi connectivity index (χ1n) is 6.60. The first-order valence-corrected chi connectivity index (χ1v) is 10.1. The van der Waals surface area contributed by atoms with E-state index in [4.69, 9.17) is 23.2 Å². The van der Waals surface area contributed by atoms with E-state index < -0.39 is 16.1 Å². The van der Waals surface area contributed by atoms with Gasteiger partial charge in [-0.1, -0.05) is 35.3 Å². The third-order valence-electron chi connectivity index (χ3n) is 3.15. The van der Waals surface area contributed by atoms with E-state index in [2.05, 4.69) is 4.72 Å². The van der Waals surface area contributed by atoms with Crippen molar-refractivity contribution in [2.24, 2.45) is 0 Å². The Morgan fingerprint density at radius 3 is 2.43 bits per heavy atom. The molecule has 0 saturated heterocycles. The van der Waals surface area contributed by atoms with E-state index in [9.17, 15) is 13.5 Å². The van der Waals surface area contributed by atoms with Crippen LogP contribution in [0.25, 0.3) is 0 Å². The normalized spacial score (nSPS) is 13.0. The summed E-state index contributed by atoms with van der Waals surface area (Å²) in [6, 6.07) is 11.4. The van der Waals surface area contributed by atoms with Crippen LogP contribution >= 0.6 is 35.0 Å². The van der Waals surface area contributed by atoms with E-state index in [0.717, 1.165) is 4.90 Å². The number of aliphatic hydroxyl groups is 1. The molecule has 0 aliphatic heterocycles. The fourth-order valence-corrected chi connectivity index (χ4v) is 4.10. The summed E-state index contributed by atoms with van der Waals surface area (Å²) in [6.45, 7) is -0.163. The molecule has 2 aromatic rings. The average Bonchev–Trinajstić information content (AvgIpc) is 2.55. The number of thioether (sulfide) groups is 1. The molecule has 124 valence electrons. The number of rotatable bonds is 6. The predicted molar refractivity (Wildman–Crippen MR) is 94.8 cm³/mol. The molecule has 23 heavy (non-hydrogen) atoms. The minimum absolute atomic E-state index is 0.0701. The number of hydrogen-bond donors (Lipinski definition) is 2. The Bertz CT molecular complexity index is 780. The molecular formula is C15H15Cl2NO3S2. The first-order chi connectivity index (χ1) is 10.8. The monoisotopic (exact) mass is 391 g/mol. The second-order valence-electron chi connectivity index (χ2n) is 4.72. The van der Waals surface area contributed by atoms with E-state index in [1.807, 2.05) is 18.4 Å². The Kier molecular flexibility index (Phi) is 6.36. The highest BCUT2D eigenvalue weighted by Crippen LogP contribution is 2.25. The lowest BCUT2D eigenvalue weighted by atomic mass is 10.1. The molecule has 2 N–H and O–H groups in total. The van der Waals surface area contributed by atoms with Gasteiger partial charge in [-0.05, 0) is 42.2 Å². The van der Waals surface area contributed by atoms with Crippen LogP contribution in [-0.4, -0.2) is 26.3 Å². The first kappa shape index (κ1) is 18.6. The van der Waals surface area contributed by atoms with Crippen LogP contribution in [-0.2, 0) is 10.0 Å². The van der Waals surface area contributed by atoms with Crippen molar-refractivity contribution in [2.75, 3.05) is 12.8 Å². The Morgan fingerprint density at radius 2 is 1.83 bits per heavy atom. The van der Waals surface area contributed by atoms with E-state index in [-0.39, 0.29) is 21.5 Å². The molecule has 0 spiro atoms. The number of aliphatic hydroxyl groups excluding tert-OH is 1. The van der Waals surface area contributed by atoms with Crippen LogP contribution in [0, 0.1) is 0 Å². The number of hydrogen-bond acceptors (Lipinski definition) is 4.